The van der Waals surface area contributed by atoms with Crippen molar-refractivity contribution in [2.45, 2.75) is 57.4 Å². The Morgan fingerprint density at radius 1 is 0.765 bits per heavy atom. The molecule has 1 unspecified atom stereocenters. The van der Waals surface area contributed by atoms with Crippen molar-refractivity contribution >= 4 is 34.0 Å². The van der Waals surface area contributed by atoms with Crippen LogP contribution in [-0.4, -0.2) is 29.5 Å². The number of aryl methyl sites for hydroxylation is 1. The summed E-state index contributed by atoms with van der Waals surface area (Å²) in [6.45, 7) is 2.67. The summed E-state index contributed by atoms with van der Waals surface area (Å²) in [6, 6.07) is 16.7. The van der Waals surface area contributed by atoms with Gasteiger partial charge in [0, 0.05) is 59.5 Å². The highest BCUT2D eigenvalue weighted by molar-refractivity contribution is 6.38. The molecule has 1 N–H and O–H groups in total. The fraction of sp³-hybridized carbons (Fsp3) is 0.379. The number of hydrogen-bond donors (Lipinski definition) is 1. The van der Waals surface area contributed by atoms with E-state index in [1.54, 1.807) is 0 Å². The summed E-state index contributed by atoms with van der Waals surface area (Å²) >= 11 is 0. The van der Waals surface area contributed by atoms with Crippen molar-refractivity contribution in [1.29, 1.82) is 0 Å². The van der Waals surface area contributed by atoms with E-state index in [4.69, 9.17) is 0 Å². The molecule has 3 aromatic rings. The molecule has 3 aliphatic heterocycles. The Hall–Kier alpha value is -3.34. The Balaban J connectivity index is 1.53. The molecule has 0 radical (unpaired) electrons. The largest absolute Gasteiger partial charge is 0.370 e. The maximum atomic E-state index is 13.2. The predicted octanol–water partition coefficient (Wildman–Crippen LogP) is 5.40. The maximum Gasteiger partial charge on any atom is 0.259 e. The number of nitrogens with one attached hydrogen (secondary N) is 1. The van der Waals surface area contributed by atoms with Crippen molar-refractivity contribution in [3.05, 3.63) is 71.4 Å². The number of rotatable bonds is 0. The number of benzene rings is 2. The lowest BCUT2D eigenvalue weighted by Gasteiger charge is -2.20. The van der Waals surface area contributed by atoms with Crippen LogP contribution in [0.25, 0.3) is 16.5 Å². The number of imide groups is 1. The van der Waals surface area contributed by atoms with Crippen LogP contribution in [0.1, 0.15) is 62.0 Å². The average Bonchev–Trinajstić information content (AvgIpc) is 3.48. The first-order chi connectivity index (χ1) is 16.7. The molecule has 0 saturated heterocycles. The van der Waals surface area contributed by atoms with Gasteiger partial charge in [-0.2, -0.15) is 0 Å². The van der Waals surface area contributed by atoms with Gasteiger partial charge in [0.1, 0.15) is 0 Å². The average molecular weight is 454 g/mol. The fourth-order valence-corrected chi connectivity index (χ4v) is 6.11. The van der Waals surface area contributed by atoms with Gasteiger partial charge in [0.15, 0.2) is 0 Å². The molecule has 4 heterocycles. The van der Waals surface area contributed by atoms with Crippen molar-refractivity contribution < 1.29 is 9.59 Å². The molecule has 34 heavy (non-hydrogen) atoms. The number of hydrogen-bond acceptors (Lipinski definition) is 3. The Morgan fingerprint density at radius 3 is 2.32 bits per heavy atom. The molecule has 5 heteroatoms. The van der Waals surface area contributed by atoms with Crippen molar-refractivity contribution in [2.24, 2.45) is 0 Å². The van der Waals surface area contributed by atoms with E-state index in [0.717, 1.165) is 54.5 Å². The van der Waals surface area contributed by atoms with Crippen molar-refractivity contribution in [2.75, 3.05) is 18.0 Å². The lowest BCUT2D eigenvalue weighted by Crippen LogP contribution is -2.27. The van der Waals surface area contributed by atoms with E-state index in [1.165, 1.54) is 37.8 Å². The third kappa shape index (κ3) is 3.54. The highest BCUT2D eigenvalue weighted by atomic mass is 16.2. The molecule has 1 aromatic heterocycles. The molecule has 3 aliphatic rings. The second kappa shape index (κ2) is 8.79. The first-order valence-corrected chi connectivity index (χ1v) is 12.7. The summed E-state index contributed by atoms with van der Waals surface area (Å²) in [5.41, 5.74) is 5.57. The van der Waals surface area contributed by atoms with Gasteiger partial charge in [-0.15, -0.1) is 0 Å². The van der Waals surface area contributed by atoms with Crippen molar-refractivity contribution in [1.82, 2.24) is 9.88 Å². The van der Waals surface area contributed by atoms with Crippen LogP contribution >= 0.6 is 0 Å². The first kappa shape index (κ1) is 21.2. The zero-order valence-electron chi connectivity index (χ0n) is 19.6. The van der Waals surface area contributed by atoms with E-state index in [0.29, 0.717) is 11.1 Å². The summed E-state index contributed by atoms with van der Waals surface area (Å²) in [7, 11) is 0. The SMILES string of the molecule is O=C1NC(=O)C2=C1c1cn(c3ccccc13)CCCCCCCCCN1CC2c2ccccc21. The summed E-state index contributed by atoms with van der Waals surface area (Å²) in [6.07, 6.45) is 10.7. The fourth-order valence-electron chi connectivity index (χ4n) is 6.11. The smallest absolute Gasteiger partial charge is 0.259 e. The third-order valence-corrected chi connectivity index (χ3v) is 7.76. The standard InChI is InChI=1S/C29H31N3O2/c33-28-26-22-18-31(24-14-8-6-12-20(22)24)16-10-4-2-1-3-5-11-17-32-19-23(27(26)29(34)30-28)21-13-7-9-15-25(21)32/h6-9,12-15,18,23H,1-5,10-11,16-17,19H2,(H,30,33,34). The van der Waals surface area contributed by atoms with Gasteiger partial charge < -0.3 is 9.47 Å². The normalized spacial score (nSPS) is 21.4. The van der Waals surface area contributed by atoms with Gasteiger partial charge in [-0.1, -0.05) is 68.5 Å². The number of carbonyl (C=O) groups excluding carboxylic acids is 2. The van der Waals surface area contributed by atoms with Crippen LogP contribution in [0.4, 0.5) is 5.69 Å². The number of carbonyl (C=O) groups is 2. The Kier molecular flexibility index (Phi) is 5.48. The number of para-hydroxylation sites is 2. The van der Waals surface area contributed by atoms with Gasteiger partial charge in [-0.05, 0) is 30.5 Å². The van der Waals surface area contributed by atoms with E-state index in [-0.39, 0.29) is 17.7 Å². The molecule has 4 bridgehead atoms. The van der Waals surface area contributed by atoms with Crippen molar-refractivity contribution in [3.8, 4) is 0 Å². The van der Waals surface area contributed by atoms with E-state index in [1.807, 2.05) is 12.1 Å². The second-order valence-corrected chi connectivity index (χ2v) is 9.86. The van der Waals surface area contributed by atoms with E-state index in [9.17, 15) is 9.59 Å². The van der Waals surface area contributed by atoms with Crippen LogP contribution in [0.3, 0.4) is 0 Å². The van der Waals surface area contributed by atoms with Gasteiger partial charge in [0.05, 0.1) is 5.57 Å². The molecule has 2 aromatic carbocycles. The lowest BCUT2D eigenvalue weighted by atomic mass is 9.88. The number of anilines is 1. The molecular formula is C29H31N3O2. The second-order valence-electron chi connectivity index (χ2n) is 9.86. The summed E-state index contributed by atoms with van der Waals surface area (Å²) < 4.78 is 2.28. The van der Waals surface area contributed by atoms with Gasteiger partial charge in [0.2, 0.25) is 0 Å². The van der Waals surface area contributed by atoms with E-state index < -0.39 is 0 Å². The molecule has 6 rings (SSSR count). The highest BCUT2D eigenvalue weighted by Crippen LogP contribution is 2.45. The Morgan fingerprint density at radius 2 is 1.47 bits per heavy atom. The number of amides is 2. The molecule has 0 saturated carbocycles. The highest BCUT2D eigenvalue weighted by Gasteiger charge is 2.41. The molecule has 0 aliphatic carbocycles. The molecule has 2 amide bonds. The zero-order valence-corrected chi connectivity index (χ0v) is 19.6. The lowest BCUT2D eigenvalue weighted by molar-refractivity contribution is -0.123. The minimum atomic E-state index is -0.267. The molecule has 5 nitrogen and oxygen atoms in total. The van der Waals surface area contributed by atoms with Crippen LogP contribution in [0, 0.1) is 0 Å². The van der Waals surface area contributed by atoms with Gasteiger partial charge in [0.25, 0.3) is 11.8 Å². The third-order valence-electron chi connectivity index (χ3n) is 7.76. The van der Waals surface area contributed by atoms with Crippen LogP contribution in [0.5, 0.6) is 0 Å². The zero-order chi connectivity index (χ0) is 23.1. The first-order valence-electron chi connectivity index (χ1n) is 12.7. The van der Waals surface area contributed by atoms with Gasteiger partial charge >= 0.3 is 0 Å². The van der Waals surface area contributed by atoms with Crippen LogP contribution in [0.2, 0.25) is 0 Å². The predicted molar refractivity (Wildman–Crippen MR) is 136 cm³/mol. The molecule has 174 valence electrons. The van der Waals surface area contributed by atoms with Crippen LogP contribution < -0.4 is 10.2 Å². The van der Waals surface area contributed by atoms with Gasteiger partial charge in [-0.3, -0.25) is 14.9 Å². The summed E-state index contributed by atoms with van der Waals surface area (Å²) in [5.74, 6) is -0.608. The Labute approximate surface area is 200 Å². The van der Waals surface area contributed by atoms with Gasteiger partial charge in [-0.25, -0.2) is 0 Å². The van der Waals surface area contributed by atoms with Crippen LogP contribution in [-0.2, 0) is 16.1 Å². The maximum absolute atomic E-state index is 13.2. The number of aromatic nitrogens is 1. The quantitative estimate of drug-likeness (QED) is 0.464. The molecule has 0 fully saturated rings. The minimum Gasteiger partial charge on any atom is -0.370 e. The molecular weight excluding hydrogens is 422 g/mol. The topological polar surface area (TPSA) is 54.3 Å². The number of fused-ring (bicyclic) bond motifs is 12. The van der Waals surface area contributed by atoms with E-state index >= 15 is 0 Å². The monoisotopic (exact) mass is 453 g/mol. The summed E-state index contributed by atoms with van der Waals surface area (Å²) in [4.78, 5) is 28.9. The Bertz CT molecular complexity index is 1300. The molecule has 0 spiro atoms. The summed E-state index contributed by atoms with van der Waals surface area (Å²) in [5, 5.41) is 3.68. The van der Waals surface area contributed by atoms with Crippen LogP contribution in [0.15, 0.2) is 60.3 Å². The molecule has 1 atom stereocenters. The van der Waals surface area contributed by atoms with E-state index in [2.05, 4.69) is 57.4 Å². The van der Waals surface area contributed by atoms with Crippen molar-refractivity contribution in [3.63, 3.8) is 0 Å². The number of nitrogens with zero attached hydrogens (tertiary/aromatic N) is 2. The minimum absolute atomic E-state index is 0.101.